The van der Waals surface area contributed by atoms with Gasteiger partial charge in [0.2, 0.25) is 6.29 Å². The van der Waals surface area contributed by atoms with Crippen molar-refractivity contribution >= 4 is 30.6 Å². The number of benzene rings is 3. The summed E-state index contributed by atoms with van der Waals surface area (Å²) in [4.78, 5) is 24.8. The molecule has 0 saturated carbocycles. The molecule has 1 aliphatic heterocycles. The van der Waals surface area contributed by atoms with E-state index in [1.165, 1.54) is 6.92 Å². The average molecular weight is 505 g/mol. The summed E-state index contributed by atoms with van der Waals surface area (Å²) in [5.74, 6) is -1.05. The minimum atomic E-state index is -2.97. The molecule has 188 valence electrons. The summed E-state index contributed by atoms with van der Waals surface area (Å²) in [7, 11) is -2.97. The number of ether oxygens (including phenoxy) is 3. The van der Waals surface area contributed by atoms with E-state index < -0.39 is 38.8 Å². The number of carbonyl (C=O) groups is 2. The lowest BCUT2D eigenvalue weighted by Crippen LogP contribution is -2.68. The molecule has 1 fully saturated rings. The lowest BCUT2D eigenvalue weighted by Gasteiger charge is -2.45. The van der Waals surface area contributed by atoms with Gasteiger partial charge in [-0.1, -0.05) is 99.6 Å². The monoisotopic (exact) mass is 504 g/mol. The second-order valence-electron chi connectivity index (χ2n) is 9.87. The SMILES string of the molecule is CC(=O)O[C@@H]1OCC(O[Si](c2ccccc2)(c2ccccc2)C(C)(C)C)[C@@H]1OC(=O)c1ccccc1. The molecule has 1 aliphatic rings. The van der Waals surface area contributed by atoms with Crippen molar-refractivity contribution in [3.63, 3.8) is 0 Å². The van der Waals surface area contributed by atoms with Crippen molar-refractivity contribution in [2.75, 3.05) is 6.61 Å². The van der Waals surface area contributed by atoms with Crippen LogP contribution >= 0.6 is 0 Å². The van der Waals surface area contributed by atoms with Crippen LogP contribution < -0.4 is 10.4 Å². The van der Waals surface area contributed by atoms with E-state index in [1.54, 1.807) is 24.3 Å². The highest BCUT2D eigenvalue weighted by Crippen LogP contribution is 2.39. The molecule has 0 aromatic heterocycles. The van der Waals surface area contributed by atoms with Crippen LogP contribution in [0.15, 0.2) is 91.0 Å². The quantitative estimate of drug-likeness (QED) is 0.357. The van der Waals surface area contributed by atoms with Crippen LogP contribution in [0.5, 0.6) is 0 Å². The van der Waals surface area contributed by atoms with E-state index in [4.69, 9.17) is 18.6 Å². The van der Waals surface area contributed by atoms with Crippen molar-refractivity contribution in [2.24, 2.45) is 0 Å². The molecular formula is C29H32O6Si. The number of rotatable bonds is 7. The van der Waals surface area contributed by atoms with Gasteiger partial charge in [-0.2, -0.15) is 0 Å². The van der Waals surface area contributed by atoms with Crippen molar-refractivity contribution in [1.29, 1.82) is 0 Å². The molecule has 0 spiro atoms. The summed E-state index contributed by atoms with van der Waals surface area (Å²) in [6, 6.07) is 29.1. The normalized spacial score (nSPS) is 20.1. The summed E-state index contributed by atoms with van der Waals surface area (Å²) in [6.07, 6.45) is -2.63. The Balaban J connectivity index is 1.76. The largest absolute Gasteiger partial charge is 0.449 e. The summed E-state index contributed by atoms with van der Waals surface area (Å²) < 4.78 is 24.3. The minimum Gasteiger partial charge on any atom is -0.449 e. The van der Waals surface area contributed by atoms with Gasteiger partial charge in [0.1, 0.15) is 6.10 Å². The molecule has 1 saturated heterocycles. The maximum atomic E-state index is 13.0. The number of hydrogen-bond donors (Lipinski definition) is 0. The van der Waals surface area contributed by atoms with Crippen molar-refractivity contribution in [3.8, 4) is 0 Å². The van der Waals surface area contributed by atoms with Gasteiger partial charge in [-0.3, -0.25) is 4.79 Å². The van der Waals surface area contributed by atoms with Gasteiger partial charge in [0, 0.05) is 6.92 Å². The Bertz CT molecular complexity index is 1120. The average Bonchev–Trinajstić information content (AvgIpc) is 3.23. The van der Waals surface area contributed by atoms with Crippen LogP contribution in [0.1, 0.15) is 38.1 Å². The maximum Gasteiger partial charge on any atom is 0.338 e. The van der Waals surface area contributed by atoms with Gasteiger partial charge in [-0.05, 0) is 27.5 Å². The Morgan fingerprint density at radius 2 is 1.31 bits per heavy atom. The molecule has 4 rings (SSSR count). The first-order valence-corrected chi connectivity index (χ1v) is 14.0. The smallest absolute Gasteiger partial charge is 0.338 e. The third kappa shape index (κ3) is 5.28. The minimum absolute atomic E-state index is 0.120. The number of carbonyl (C=O) groups excluding carboxylic acids is 2. The Morgan fingerprint density at radius 3 is 1.78 bits per heavy atom. The van der Waals surface area contributed by atoms with Crippen molar-refractivity contribution < 1.29 is 28.2 Å². The van der Waals surface area contributed by atoms with Gasteiger partial charge in [0.05, 0.1) is 12.2 Å². The molecule has 1 unspecified atom stereocenters. The third-order valence-corrected chi connectivity index (χ3v) is 11.4. The van der Waals surface area contributed by atoms with Gasteiger partial charge in [-0.15, -0.1) is 0 Å². The van der Waals surface area contributed by atoms with Crippen LogP contribution in [0.25, 0.3) is 0 Å². The Labute approximate surface area is 213 Å². The fourth-order valence-electron chi connectivity index (χ4n) is 4.74. The molecule has 3 aromatic rings. The zero-order chi connectivity index (χ0) is 25.8. The zero-order valence-corrected chi connectivity index (χ0v) is 22.0. The highest BCUT2D eigenvalue weighted by atomic mass is 28.4. The van der Waals surface area contributed by atoms with E-state index in [2.05, 4.69) is 45.0 Å². The Kier molecular flexibility index (Phi) is 7.73. The molecule has 0 bridgehead atoms. The standard InChI is InChI=1S/C29H32O6Si/c1-21(30)33-28-26(34-27(31)22-14-8-5-9-15-22)25(20-32-28)35-36(29(2,3)4,23-16-10-6-11-17-23)24-18-12-7-13-19-24/h5-19,25-26,28H,20H2,1-4H3/t25?,26-,28-/m0/s1. The molecule has 3 atom stereocenters. The lowest BCUT2D eigenvalue weighted by atomic mass is 10.2. The highest BCUT2D eigenvalue weighted by molar-refractivity contribution is 6.99. The molecule has 0 N–H and O–H groups in total. The Hall–Kier alpha value is -3.26. The maximum absolute atomic E-state index is 13.0. The van der Waals surface area contributed by atoms with E-state index in [1.807, 2.05) is 42.5 Å². The summed E-state index contributed by atoms with van der Waals surface area (Å²) >= 11 is 0. The fourth-order valence-corrected chi connectivity index (χ4v) is 9.41. The predicted octanol–water partition coefficient (Wildman–Crippen LogP) is 4.08. The van der Waals surface area contributed by atoms with E-state index in [9.17, 15) is 9.59 Å². The van der Waals surface area contributed by atoms with E-state index >= 15 is 0 Å². The van der Waals surface area contributed by atoms with Gasteiger partial charge >= 0.3 is 11.9 Å². The summed E-state index contributed by atoms with van der Waals surface area (Å²) in [5.41, 5.74) is 0.398. The molecule has 36 heavy (non-hydrogen) atoms. The summed E-state index contributed by atoms with van der Waals surface area (Å²) in [5, 5.41) is 1.89. The third-order valence-electron chi connectivity index (χ3n) is 6.34. The number of hydrogen-bond acceptors (Lipinski definition) is 6. The van der Waals surface area contributed by atoms with Gasteiger partial charge in [-0.25, -0.2) is 4.79 Å². The molecular weight excluding hydrogens is 472 g/mol. The molecule has 0 radical (unpaired) electrons. The van der Waals surface area contributed by atoms with Crippen LogP contribution in [-0.4, -0.2) is 45.4 Å². The molecule has 1 heterocycles. The molecule has 3 aromatic carbocycles. The van der Waals surface area contributed by atoms with Crippen molar-refractivity contribution in [3.05, 3.63) is 96.6 Å². The van der Waals surface area contributed by atoms with Crippen LogP contribution in [-0.2, 0) is 23.4 Å². The molecule has 6 nitrogen and oxygen atoms in total. The Morgan fingerprint density at radius 1 is 0.806 bits per heavy atom. The van der Waals surface area contributed by atoms with Gasteiger partial charge < -0.3 is 18.6 Å². The molecule has 0 aliphatic carbocycles. The first-order chi connectivity index (χ1) is 17.2. The topological polar surface area (TPSA) is 71.1 Å². The van der Waals surface area contributed by atoms with E-state index in [0.717, 1.165) is 10.4 Å². The van der Waals surface area contributed by atoms with E-state index in [0.29, 0.717) is 5.56 Å². The van der Waals surface area contributed by atoms with Crippen LogP contribution in [0.3, 0.4) is 0 Å². The van der Waals surface area contributed by atoms with Crippen molar-refractivity contribution in [2.45, 2.75) is 51.2 Å². The van der Waals surface area contributed by atoms with Crippen LogP contribution in [0, 0.1) is 0 Å². The van der Waals surface area contributed by atoms with Gasteiger partial charge in [0.15, 0.2) is 6.10 Å². The van der Waals surface area contributed by atoms with Crippen molar-refractivity contribution in [1.82, 2.24) is 0 Å². The van der Waals surface area contributed by atoms with E-state index in [-0.39, 0.29) is 11.6 Å². The van der Waals surface area contributed by atoms with Gasteiger partial charge in [0.25, 0.3) is 8.32 Å². The second kappa shape index (κ2) is 10.8. The van der Waals surface area contributed by atoms with Crippen LogP contribution in [0.2, 0.25) is 5.04 Å². The zero-order valence-electron chi connectivity index (χ0n) is 21.0. The number of esters is 2. The first kappa shape index (κ1) is 25.8. The predicted molar refractivity (Wildman–Crippen MR) is 140 cm³/mol. The summed E-state index contributed by atoms with van der Waals surface area (Å²) in [6.45, 7) is 7.93. The lowest BCUT2D eigenvalue weighted by molar-refractivity contribution is -0.180. The fraction of sp³-hybridized carbons (Fsp3) is 0.310. The molecule has 0 amide bonds. The second-order valence-corrected chi connectivity index (χ2v) is 14.1. The molecule has 7 heteroatoms. The first-order valence-electron chi connectivity index (χ1n) is 12.1. The highest BCUT2D eigenvalue weighted by Gasteiger charge is 2.55. The van der Waals surface area contributed by atoms with Crippen LogP contribution in [0.4, 0.5) is 0 Å².